The topological polar surface area (TPSA) is 144 Å². The second kappa shape index (κ2) is 42.9. The lowest BCUT2D eigenvalue weighted by molar-refractivity contribution is -0.145. The van der Waals surface area contributed by atoms with Crippen LogP contribution in [0, 0.1) is 51.2 Å². The highest BCUT2D eigenvalue weighted by molar-refractivity contribution is 5.87. The van der Waals surface area contributed by atoms with Gasteiger partial charge in [0, 0.05) is 221 Å². The second-order valence-electron chi connectivity index (χ2n) is 46.4. The third-order valence-electron chi connectivity index (χ3n) is 37.9. The van der Waals surface area contributed by atoms with Gasteiger partial charge in [-0.2, -0.15) is 13.2 Å². The van der Waals surface area contributed by atoms with Gasteiger partial charge < -0.3 is 54.6 Å². The Labute approximate surface area is 846 Å². The quantitative estimate of drug-likeness (QED) is 0.0742. The summed E-state index contributed by atoms with van der Waals surface area (Å²) in [5.41, 5.74) is 7.88. The van der Waals surface area contributed by atoms with E-state index in [1.54, 1.807) is 36.4 Å². The van der Waals surface area contributed by atoms with Gasteiger partial charge in [0.15, 0.2) is 0 Å². The van der Waals surface area contributed by atoms with Crippen molar-refractivity contribution < 1.29 is 63.4 Å². The van der Waals surface area contributed by atoms with Gasteiger partial charge in [0.05, 0.1) is 27.2 Å². The molecule has 16 aliphatic rings. The number of rotatable bonds is 19. The molecule has 23 rings (SSSR count). The minimum Gasteiger partial charge on any atom is -0.381 e. The molecule has 9 aliphatic carbocycles. The second-order valence-corrected chi connectivity index (χ2v) is 46.4. The predicted molar refractivity (Wildman–Crippen MR) is 546 cm³/mol. The van der Waals surface area contributed by atoms with E-state index >= 15 is 0 Å². The Morgan fingerprint density at radius 3 is 1.20 bits per heavy atom. The number of hydrogen-bond donors (Lipinski definition) is 2. The average molecular weight is 1990 g/mol. The van der Waals surface area contributed by atoms with E-state index < -0.39 is 29.5 Å². The lowest BCUT2D eigenvalue weighted by Gasteiger charge is -2.41. The molecule has 7 aromatic rings. The molecule has 7 aliphatic heterocycles. The molecule has 144 heavy (non-hydrogen) atoms. The van der Waals surface area contributed by atoms with E-state index in [0.717, 1.165) is 206 Å². The number of carbonyl (C=O) groups is 4. The van der Waals surface area contributed by atoms with Gasteiger partial charge in [-0.15, -0.1) is 0 Å². The van der Waals surface area contributed by atoms with Gasteiger partial charge in [0.2, 0.25) is 23.6 Å². The van der Waals surface area contributed by atoms with Crippen LogP contribution in [0.2, 0.25) is 0 Å². The van der Waals surface area contributed by atoms with Crippen LogP contribution < -0.4 is 25.3 Å². The van der Waals surface area contributed by atoms with Crippen LogP contribution in [0.25, 0.3) is 0 Å². The first-order valence-electron chi connectivity index (χ1n) is 55.0. The third-order valence-corrected chi connectivity index (χ3v) is 37.9. The number of anilines is 3. The van der Waals surface area contributed by atoms with Crippen molar-refractivity contribution in [1.82, 2.24) is 45.0 Å². The molecule has 1 aromatic heterocycles. The monoisotopic (exact) mass is 1990 g/mol. The van der Waals surface area contributed by atoms with Crippen molar-refractivity contribution in [3.63, 3.8) is 0 Å². The Morgan fingerprint density at radius 2 is 0.764 bits per heavy atom. The van der Waals surface area contributed by atoms with Crippen molar-refractivity contribution in [3.05, 3.63) is 226 Å². The van der Waals surface area contributed by atoms with Crippen molar-refractivity contribution >= 4 is 40.7 Å². The van der Waals surface area contributed by atoms with Gasteiger partial charge in [0.25, 0.3) is 17.8 Å². The van der Waals surface area contributed by atoms with E-state index in [9.17, 15) is 58.7 Å². The van der Waals surface area contributed by atoms with Crippen LogP contribution in [0.5, 0.6) is 0 Å². The van der Waals surface area contributed by atoms with E-state index in [0.29, 0.717) is 192 Å². The Bertz CT molecular complexity index is 5540. The Balaban J connectivity index is 0.000000117. The number of fused-ring (bicyclic) bond motifs is 6. The number of nitrogens with one attached hydrogen (secondary N) is 2. The SMILES string of the molecule is CC(F)(F)c1cccc(N2CCN(C(=O)C34CCCC3CC(N3CCC(c5ccccc5)CC3)C4)CC2)c1.CC(F)(F)c1cccc(N2CCN(C(=O)C34CCCC3CC(NC3CCC(c5ccccc5)CC3)C4)CC2)c1.CC(F)(F)c1cccc(N2CCN(C(=O)C34CCCC3CC(NCC3CCOCC3)C4)CC2)c1.O=C(N1CCc2ncc(C(F)(F)F)cc2C1)C12CCCC1CC(N1Cc3ccccc3C1)C2. The summed E-state index contributed by atoms with van der Waals surface area (Å²) in [5.74, 6) is -3.41. The first kappa shape index (κ1) is 102. The highest BCUT2D eigenvalue weighted by atomic mass is 19.4. The third kappa shape index (κ3) is 21.9. The molecule has 5 saturated heterocycles. The standard InChI is InChI=1S/C33H43F2N3O.C32H41F2N3O.C27H39F2N3O2.C26H28F3N3O/c1-32(34,35)26-9-5-11-30(22-26)37-17-19-38(20-18-37)31(39)33-16-6-10-27(33)21-29(23-33)36-28-14-12-25(13-15-28)24-7-3-2-4-8-24;1-31(33,34)26-9-5-11-28(21-26)36-17-19-37(20-18-36)30(38)32-14-6-10-27(32)22-29(23-32)35-15-12-25(13-16-35)24-7-3-2-4-8-24;1-26(28,29)21-4-2-6-24(17-21)31-10-12-32(13-11-31)25(33)27-9-3-5-22(27)16-23(18-27)30-19-20-7-14-34-15-8-20;27-26(28,29)21-10-19-16-31(9-7-23(19)30-13-21)24(33)25-8-3-6-20(25)11-22(12-25)32-14-17-4-1-2-5-18(17)15-32/h2-5,7-9,11,22,25,27-29,36H,6,10,12-21,23H2,1H3;2-5,7-9,11,21,25,27,29H,6,10,12-20,22-23H2,1H3;2,4,6,17,20,22-23,30H,3,5,7-16,18-19H2,1H3;1-2,4-5,10,13,20,22H,3,6-9,11-12,14-16H2. The van der Waals surface area contributed by atoms with Crippen molar-refractivity contribution in [2.75, 3.05) is 133 Å². The van der Waals surface area contributed by atoms with E-state index in [1.807, 2.05) is 23.1 Å². The molecule has 12 unspecified atom stereocenters. The number of pyridine rings is 1. The first-order valence-corrected chi connectivity index (χ1v) is 55.0. The largest absolute Gasteiger partial charge is 0.417 e. The fourth-order valence-corrected chi connectivity index (χ4v) is 30.1. The van der Waals surface area contributed by atoms with Crippen LogP contribution in [-0.2, 0) is 73.9 Å². The van der Waals surface area contributed by atoms with Crippen molar-refractivity contribution in [3.8, 4) is 0 Å². The number of amides is 4. The zero-order chi connectivity index (χ0) is 99.9. The maximum absolute atomic E-state index is 14.1. The zero-order valence-corrected chi connectivity index (χ0v) is 84.9. The molecule has 4 amide bonds. The summed E-state index contributed by atoms with van der Waals surface area (Å²) in [6.45, 7) is 18.7. The summed E-state index contributed by atoms with van der Waals surface area (Å²) in [4.78, 5) is 79.7. The van der Waals surface area contributed by atoms with Crippen LogP contribution in [0.3, 0.4) is 0 Å². The summed E-state index contributed by atoms with van der Waals surface area (Å²) in [7, 11) is 0. The van der Waals surface area contributed by atoms with Crippen LogP contribution >= 0.6 is 0 Å². The van der Waals surface area contributed by atoms with E-state index in [2.05, 4.69) is 140 Å². The van der Waals surface area contributed by atoms with Crippen LogP contribution in [0.15, 0.2) is 170 Å². The van der Waals surface area contributed by atoms with Crippen molar-refractivity contribution in [2.24, 2.45) is 51.2 Å². The number of piperidine rings is 1. The number of halogens is 9. The number of likely N-dealkylation sites (tertiary alicyclic amines) is 1. The molecule has 12 atom stereocenters. The Hall–Kier alpha value is -9.08. The Morgan fingerprint density at radius 1 is 0.368 bits per heavy atom. The molecule has 6 aromatic carbocycles. The molecule has 9 saturated carbocycles. The van der Waals surface area contributed by atoms with Gasteiger partial charge in [-0.25, -0.2) is 26.3 Å². The molecular weight excluding hydrogens is 1840 g/mol. The predicted octanol–water partition coefficient (Wildman–Crippen LogP) is 22.3. The molecule has 0 radical (unpaired) electrons. The molecule has 0 spiro atoms. The van der Waals surface area contributed by atoms with Crippen LogP contribution in [0.1, 0.15) is 268 Å². The lowest BCUT2D eigenvalue weighted by Crippen LogP contribution is -2.53. The Kier molecular flexibility index (Phi) is 30.4. The van der Waals surface area contributed by atoms with Crippen molar-refractivity contribution in [2.45, 2.75) is 293 Å². The summed E-state index contributed by atoms with van der Waals surface area (Å²) in [6.07, 6.45) is 28.0. The summed E-state index contributed by atoms with van der Waals surface area (Å²) in [5, 5.41) is 7.82. The number of hydrogen-bond acceptors (Lipinski definition) is 13. The van der Waals surface area contributed by atoms with Crippen molar-refractivity contribution in [1.29, 1.82) is 0 Å². The minimum absolute atomic E-state index is 0.0430. The molecule has 8 heterocycles. The number of piperazine rings is 3. The first-order chi connectivity index (χ1) is 69.3. The fraction of sp³-hybridized carbons (Fsp3) is 0.619. The molecule has 14 fully saturated rings. The van der Waals surface area contributed by atoms with E-state index in [-0.39, 0.29) is 50.8 Å². The maximum atomic E-state index is 14.1. The number of alkyl halides is 9. The molecule has 26 heteroatoms. The molecule has 17 nitrogen and oxygen atoms in total. The van der Waals surface area contributed by atoms with Gasteiger partial charge in [0.1, 0.15) is 0 Å². The van der Waals surface area contributed by atoms with Gasteiger partial charge in [-0.1, -0.05) is 147 Å². The molecule has 2 N–H and O–H groups in total. The van der Waals surface area contributed by atoms with Gasteiger partial charge in [-0.3, -0.25) is 29.1 Å². The summed E-state index contributed by atoms with van der Waals surface area (Å²) >= 11 is 0. The summed E-state index contributed by atoms with van der Waals surface area (Å²) in [6, 6.07) is 54.1. The van der Waals surface area contributed by atoms with E-state index in [1.165, 1.54) is 111 Å². The van der Waals surface area contributed by atoms with Crippen LogP contribution in [-0.4, -0.2) is 206 Å². The van der Waals surface area contributed by atoms with Gasteiger partial charge >= 0.3 is 6.18 Å². The fourth-order valence-electron chi connectivity index (χ4n) is 30.1. The molecule has 0 bridgehead atoms. The highest BCUT2D eigenvalue weighted by Crippen LogP contribution is 2.61. The van der Waals surface area contributed by atoms with Crippen LogP contribution in [0.4, 0.5) is 56.6 Å². The number of benzene rings is 6. The number of nitrogens with zero attached hydrogens (tertiary/aromatic N) is 10. The normalized spacial score (nSPS) is 30.0. The lowest BCUT2D eigenvalue weighted by atomic mass is 9.78. The maximum Gasteiger partial charge on any atom is 0.417 e. The van der Waals surface area contributed by atoms with E-state index in [4.69, 9.17) is 4.74 Å². The smallest absolute Gasteiger partial charge is 0.381 e. The van der Waals surface area contributed by atoms with Gasteiger partial charge in [-0.05, 0) is 285 Å². The molecule has 776 valence electrons. The average Bonchev–Trinajstić information content (AvgIpc) is 1.59. The molecular formula is C118H151F9N12O5. The highest BCUT2D eigenvalue weighted by Gasteiger charge is 2.62. The minimum atomic E-state index is -4.42. The number of aromatic nitrogens is 1. The summed E-state index contributed by atoms with van der Waals surface area (Å²) < 4.78 is 128. The number of ether oxygens (including phenoxy) is 1. The zero-order valence-electron chi connectivity index (χ0n) is 84.9. The number of carbonyl (C=O) groups excluding carboxylic acids is 4.